The van der Waals surface area contributed by atoms with Gasteiger partial charge in [0.2, 0.25) is 11.9 Å². The molecule has 4 aromatic rings. The van der Waals surface area contributed by atoms with Gasteiger partial charge in [-0.15, -0.1) is 0 Å². The number of hydrogen-bond donors (Lipinski definition) is 1. The van der Waals surface area contributed by atoms with Gasteiger partial charge in [0.05, 0.1) is 12.8 Å². The van der Waals surface area contributed by atoms with Crippen LogP contribution in [0, 0.1) is 12.7 Å². The van der Waals surface area contributed by atoms with Crippen molar-refractivity contribution in [3.63, 3.8) is 0 Å². The van der Waals surface area contributed by atoms with Gasteiger partial charge < -0.3 is 9.64 Å². The number of carbonyl (C=O) groups excluding carboxylic acids is 2. The average molecular weight is 487 g/mol. The van der Waals surface area contributed by atoms with Gasteiger partial charge in [-0.25, -0.2) is 9.37 Å². The summed E-state index contributed by atoms with van der Waals surface area (Å²) >= 11 is 0. The number of aromatic nitrogens is 2. The number of benzene rings is 3. The zero-order valence-corrected chi connectivity index (χ0v) is 20.4. The minimum Gasteiger partial charge on any atom is -0.497 e. The van der Waals surface area contributed by atoms with Crippen molar-refractivity contribution < 1.29 is 18.7 Å². The van der Waals surface area contributed by atoms with Gasteiger partial charge in [-0.2, -0.15) is 0 Å². The van der Waals surface area contributed by atoms with E-state index in [4.69, 9.17) is 4.74 Å². The lowest BCUT2D eigenvalue weighted by Gasteiger charge is -2.21. The number of amides is 2. The molecule has 0 unspecified atom stereocenters. The molecule has 0 atom stereocenters. The molecule has 184 valence electrons. The zero-order valence-electron chi connectivity index (χ0n) is 20.4. The molecule has 1 heterocycles. The summed E-state index contributed by atoms with van der Waals surface area (Å²) < 4.78 is 20.4. The van der Waals surface area contributed by atoms with Crippen molar-refractivity contribution in [1.82, 2.24) is 14.5 Å². The first-order valence-corrected chi connectivity index (χ1v) is 11.5. The third-order valence-electron chi connectivity index (χ3n) is 5.83. The minimum absolute atomic E-state index is 0.141. The van der Waals surface area contributed by atoms with Crippen molar-refractivity contribution in [2.45, 2.75) is 13.8 Å². The lowest BCUT2D eigenvalue weighted by atomic mass is 10.1. The molecule has 0 aliphatic heterocycles. The molecule has 0 aliphatic carbocycles. The van der Waals surface area contributed by atoms with Crippen LogP contribution in [0.3, 0.4) is 0 Å². The summed E-state index contributed by atoms with van der Waals surface area (Å²) in [6.07, 6.45) is 1.76. The lowest BCUT2D eigenvalue weighted by Crippen LogP contribution is -2.38. The Bertz CT molecular complexity index is 1360. The number of imidazole rings is 1. The lowest BCUT2D eigenvalue weighted by molar-refractivity contribution is -0.116. The van der Waals surface area contributed by atoms with E-state index in [9.17, 15) is 14.0 Å². The van der Waals surface area contributed by atoms with Crippen LogP contribution in [0.25, 0.3) is 16.9 Å². The number of likely N-dealkylation sites (N-methyl/N-ethyl adjacent to an activating group) is 1. The largest absolute Gasteiger partial charge is 0.497 e. The number of halogens is 1. The standard InChI is InChI=1S/C28H27FN4O3/c1-4-32(27(35)24-8-6-5-7-19(24)2)18-26(34)31-28-30-25(20-9-15-23(36-3)16-10-20)17-33(28)22-13-11-21(29)12-14-22/h5-17H,4,18H2,1-3H3,(H,30,31,34). The van der Waals surface area contributed by atoms with Crippen LogP contribution in [0.1, 0.15) is 22.8 Å². The average Bonchev–Trinajstić information content (AvgIpc) is 3.31. The van der Waals surface area contributed by atoms with Crippen molar-refractivity contribution in [1.29, 1.82) is 0 Å². The Hall–Kier alpha value is -4.46. The number of carbonyl (C=O) groups is 2. The summed E-state index contributed by atoms with van der Waals surface area (Å²) in [5.41, 5.74) is 3.46. The van der Waals surface area contributed by atoms with Crippen LogP contribution < -0.4 is 10.1 Å². The highest BCUT2D eigenvalue weighted by Crippen LogP contribution is 2.26. The fourth-order valence-electron chi connectivity index (χ4n) is 3.82. The summed E-state index contributed by atoms with van der Waals surface area (Å²) in [4.78, 5) is 32.2. The van der Waals surface area contributed by atoms with Gasteiger partial charge in [0.25, 0.3) is 5.91 Å². The molecule has 0 bridgehead atoms. The molecule has 0 spiro atoms. The maximum Gasteiger partial charge on any atom is 0.254 e. The van der Waals surface area contributed by atoms with Gasteiger partial charge in [0.15, 0.2) is 0 Å². The first-order valence-electron chi connectivity index (χ1n) is 11.5. The molecule has 1 N–H and O–H groups in total. The fourth-order valence-corrected chi connectivity index (χ4v) is 3.82. The zero-order chi connectivity index (χ0) is 25.7. The predicted molar refractivity (Wildman–Crippen MR) is 137 cm³/mol. The first kappa shape index (κ1) is 24.7. The number of hydrogen-bond acceptors (Lipinski definition) is 4. The number of nitrogens with one attached hydrogen (secondary N) is 1. The maximum absolute atomic E-state index is 13.5. The highest BCUT2D eigenvalue weighted by atomic mass is 19.1. The minimum atomic E-state index is -0.394. The van der Waals surface area contributed by atoms with Crippen LogP contribution in [0.4, 0.5) is 10.3 Å². The Morgan fingerprint density at radius 2 is 1.72 bits per heavy atom. The Kier molecular flexibility index (Phi) is 7.44. The van der Waals surface area contributed by atoms with Crippen molar-refractivity contribution >= 4 is 17.8 Å². The number of aryl methyl sites for hydroxylation is 1. The van der Waals surface area contributed by atoms with E-state index in [-0.39, 0.29) is 24.2 Å². The molecule has 4 rings (SSSR count). The van der Waals surface area contributed by atoms with E-state index in [1.807, 2.05) is 50.2 Å². The Balaban J connectivity index is 1.61. The van der Waals surface area contributed by atoms with Crippen molar-refractivity contribution in [2.75, 3.05) is 25.5 Å². The van der Waals surface area contributed by atoms with Gasteiger partial charge in [-0.1, -0.05) is 18.2 Å². The topological polar surface area (TPSA) is 76.5 Å². The monoisotopic (exact) mass is 486 g/mol. The van der Waals surface area contributed by atoms with E-state index in [1.54, 1.807) is 42.1 Å². The second-order valence-corrected chi connectivity index (χ2v) is 8.21. The number of rotatable bonds is 8. The van der Waals surface area contributed by atoms with Crippen LogP contribution >= 0.6 is 0 Å². The molecular weight excluding hydrogens is 459 g/mol. The summed E-state index contributed by atoms with van der Waals surface area (Å²) in [7, 11) is 1.59. The fraction of sp³-hybridized carbons (Fsp3) is 0.179. The molecule has 0 aliphatic rings. The van der Waals surface area contributed by atoms with Crippen LogP contribution in [0.15, 0.2) is 79.0 Å². The molecule has 0 saturated carbocycles. The molecule has 0 radical (unpaired) electrons. The maximum atomic E-state index is 13.5. The van der Waals surface area contributed by atoms with E-state index in [0.717, 1.165) is 11.1 Å². The van der Waals surface area contributed by atoms with Crippen LogP contribution in [-0.2, 0) is 4.79 Å². The highest BCUT2D eigenvalue weighted by Gasteiger charge is 2.21. The van der Waals surface area contributed by atoms with Crippen molar-refractivity contribution in [3.05, 3.63) is 95.9 Å². The van der Waals surface area contributed by atoms with Gasteiger partial charge in [-0.05, 0) is 74.0 Å². The van der Waals surface area contributed by atoms with Crippen molar-refractivity contribution in [3.8, 4) is 22.7 Å². The molecule has 36 heavy (non-hydrogen) atoms. The first-order chi connectivity index (χ1) is 17.4. The van der Waals surface area contributed by atoms with E-state index in [1.165, 1.54) is 17.0 Å². The molecule has 7 nitrogen and oxygen atoms in total. The number of ether oxygens (including phenoxy) is 1. The molecule has 3 aromatic carbocycles. The van der Waals surface area contributed by atoms with E-state index < -0.39 is 5.91 Å². The third kappa shape index (κ3) is 5.43. The van der Waals surface area contributed by atoms with Gasteiger partial charge in [0.1, 0.15) is 18.1 Å². The normalized spacial score (nSPS) is 10.7. The van der Waals surface area contributed by atoms with E-state index >= 15 is 0 Å². The molecular formula is C28H27FN4O3. The van der Waals surface area contributed by atoms with Gasteiger partial charge in [0, 0.05) is 29.6 Å². The van der Waals surface area contributed by atoms with E-state index in [2.05, 4.69) is 10.3 Å². The summed E-state index contributed by atoms with van der Waals surface area (Å²) in [5, 5.41) is 2.82. The quantitative estimate of drug-likeness (QED) is 0.376. The van der Waals surface area contributed by atoms with Crippen LogP contribution in [0.5, 0.6) is 5.75 Å². The Morgan fingerprint density at radius 3 is 2.36 bits per heavy atom. The Labute approximate surface area is 209 Å². The Morgan fingerprint density at radius 1 is 1.03 bits per heavy atom. The third-order valence-corrected chi connectivity index (χ3v) is 5.83. The summed E-state index contributed by atoms with van der Waals surface area (Å²) in [6, 6.07) is 20.5. The smallest absolute Gasteiger partial charge is 0.254 e. The number of anilines is 1. The molecule has 0 saturated heterocycles. The van der Waals surface area contributed by atoms with Gasteiger partial charge >= 0.3 is 0 Å². The molecule has 1 aromatic heterocycles. The van der Waals surface area contributed by atoms with Gasteiger partial charge in [-0.3, -0.25) is 19.5 Å². The van der Waals surface area contributed by atoms with Crippen molar-refractivity contribution in [2.24, 2.45) is 0 Å². The number of methoxy groups -OCH3 is 1. The van der Waals surface area contributed by atoms with Crippen LogP contribution in [0.2, 0.25) is 0 Å². The second-order valence-electron chi connectivity index (χ2n) is 8.21. The molecule has 8 heteroatoms. The van der Waals surface area contributed by atoms with Crippen LogP contribution in [-0.4, -0.2) is 46.5 Å². The molecule has 0 fully saturated rings. The second kappa shape index (κ2) is 10.9. The highest BCUT2D eigenvalue weighted by molar-refractivity contribution is 5.99. The summed E-state index contributed by atoms with van der Waals surface area (Å²) in [6.45, 7) is 3.91. The SMILES string of the molecule is CCN(CC(=O)Nc1nc(-c2ccc(OC)cc2)cn1-c1ccc(F)cc1)C(=O)c1ccccc1C. The molecule has 2 amide bonds. The van der Waals surface area contributed by atoms with E-state index in [0.29, 0.717) is 29.2 Å². The predicted octanol–water partition coefficient (Wildman–Crippen LogP) is 5.10. The summed E-state index contributed by atoms with van der Waals surface area (Å²) in [5.74, 6) is -0.00579. The number of nitrogens with zero attached hydrogens (tertiary/aromatic N) is 3.